The SMILES string of the molecule is C=CCOCCCCCCCl. The molecule has 0 atom stereocenters. The summed E-state index contributed by atoms with van der Waals surface area (Å²) < 4.78 is 5.21. The van der Waals surface area contributed by atoms with Crippen LogP contribution in [0.4, 0.5) is 0 Å². The minimum Gasteiger partial charge on any atom is -0.377 e. The van der Waals surface area contributed by atoms with Gasteiger partial charge in [0.1, 0.15) is 0 Å². The van der Waals surface area contributed by atoms with E-state index < -0.39 is 0 Å². The van der Waals surface area contributed by atoms with Crippen molar-refractivity contribution in [1.29, 1.82) is 0 Å². The number of alkyl halides is 1. The topological polar surface area (TPSA) is 9.23 Å². The molecular weight excluding hydrogens is 160 g/mol. The fourth-order valence-corrected chi connectivity index (χ4v) is 1.01. The number of halogens is 1. The fourth-order valence-electron chi connectivity index (χ4n) is 0.819. The summed E-state index contributed by atoms with van der Waals surface area (Å²) in [6.07, 6.45) is 6.50. The van der Waals surface area contributed by atoms with Gasteiger partial charge in [0.05, 0.1) is 6.61 Å². The molecule has 11 heavy (non-hydrogen) atoms. The van der Waals surface area contributed by atoms with Crippen LogP contribution in [0.1, 0.15) is 25.7 Å². The first-order chi connectivity index (χ1) is 5.41. The Bertz CT molecular complexity index is 83.6. The van der Waals surface area contributed by atoms with Crippen molar-refractivity contribution in [2.45, 2.75) is 25.7 Å². The highest BCUT2D eigenvalue weighted by Crippen LogP contribution is 2.00. The maximum atomic E-state index is 5.52. The second kappa shape index (κ2) is 9.99. The molecule has 0 rings (SSSR count). The molecule has 2 heteroatoms. The smallest absolute Gasteiger partial charge is 0.0644 e. The minimum atomic E-state index is 0.676. The molecule has 0 aromatic heterocycles. The van der Waals surface area contributed by atoms with Gasteiger partial charge in [-0.15, -0.1) is 18.2 Å². The largest absolute Gasteiger partial charge is 0.377 e. The highest BCUT2D eigenvalue weighted by molar-refractivity contribution is 6.17. The van der Waals surface area contributed by atoms with Crippen LogP contribution in [0, 0.1) is 0 Å². The van der Waals surface area contributed by atoms with Gasteiger partial charge in [-0.05, 0) is 12.8 Å². The average Bonchev–Trinajstić information content (AvgIpc) is 2.03. The predicted molar refractivity (Wildman–Crippen MR) is 50.2 cm³/mol. The lowest BCUT2D eigenvalue weighted by atomic mass is 10.2. The third-order valence-corrected chi connectivity index (χ3v) is 1.68. The van der Waals surface area contributed by atoms with E-state index in [-0.39, 0.29) is 0 Å². The van der Waals surface area contributed by atoms with Crippen LogP contribution in [0.15, 0.2) is 12.7 Å². The van der Waals surface area contributed by atoms with Crippen LogP contribution in [0.5, 0.6) is 0 Å². The summed E-state index contributed by atoms with van der Waals surface area (Å²) in [5.41, 5.74) is 0. The molecule has 0 aliphatic carbocycles. The summed E-state index contributed by atoms with van der Waals surface area (Å²) in [7, 11) is 0. The molecule has 0 aromatic rings. The maximum absolute atomic E-state index is 5.52. The van der Waals surface area contributed by atoms with Gasteiger partial charge in [-0.1, -0.05) is 18.9 Å². The van der Waals surface area contributed by atoms with E-state index in [4.69, 9.17) is 16.3 Å². The fraction of sp³-hybridized carbons (Fsp3) is 0.778. The third kappa shape index (κ3) is 9.99. The molecule has 0 unspecified atom stereocenters. The Morgan fingerprint density at radius 2 is 1.91 bits per heavy atom. The molecule has 0 saturated heterocycles. The second-order valence-corrected chi connectivity index (χ2v) is 2.84. The molecule has 0 aromatic carbocycles. The van der Waals surface area contributed by atoms with E-state index in [0.717, 1.165) is 25.3 Å². The molecule has 0 aliphatic rings. The number of hydrogen-bond acceptors (Lipinski definition) is 1. The first kappa shape index (κ1) is 11.0. The summed E-state index contributed by atoms with van der Waals surface area (Å²) >= 11 is 5.52. The van der Waals surface area contributed by atoms with E-state index in [9.17, 15) is 0 Å². The summed E-state index contributed by atoms with van der Waals surface area (Å²) in [4.78, 5) is 0. The minimum absolute atomic E-state index is 0.676. The Kier molecular flexibility index (Phi) is 9.98. The molecule has 1 nitrogen and oxygen atoms in total. The summed E-state index contributed by atoms with van der Waals surface area (Å²) in [6.45, 7) is 5.10. The second-order valence-electron chi connectivity index (χ2n) is 2.47. The molecule has 0 spiro atoms. The molecule has 0 radical (unpaired) electrons. The van der Waals surface area contributed by atoms with Crippen LogP contribution in [0.2, 0.25) is 0 Å². The van der Waals surface area contributed by atoms with Crippen molar-refractivity contribution >= 4 is 11.6 Å². The Morgan fingerprint density at radius 1 is 1.18 bits per heavy atom. The number of rotatable bonds is 8. The predicted octanol–water partition coefficient (Wildman–Crippen LogP) is 2.99. The molecule has 0 fully saturated rings. The van der Waals surface area contributed by atoms with Crippen LogP contribution in [-0.4, -0.2) is 19.1 Å². The standard InChI is InChI=1S/C9H17ClO/c1-2-8-11-9-6-4-3-5-7-10/h2H,1,3-9H2. The zero-order valence-corrected chi connectivity index (χ0v) is 7.78. The van der Waals surface area contributed by atoms with E-state index in [1.54, 1.807) is 6.08 Å². The first-order valence-electron chi connectivity index (χ1n) is 4.16. The third-order valence-electron chi connectivity index (χ3n) is 1.41. The summed E-state index contributed by atoms with van der Waals surface area (Å²) in [6, 6.07) is 0. The van der Waals surface area contributed by atoms with Gasteiger partial charge in [-0.3, -0.25) is 0 Å². The van der Waals surface area contributed by atoms with Crippen molar-refractivity contribution in [2.75, 3.05) is 19.1 Å². The van der Waals surface area contributed by atoms with Crippen molar-refractivity contribution in [3.05, 3.63) is 12.7 Å². The quantitative estimate of drug-likeness (QED) is 0.314. The van der Waals surface area contributed by atoms with Gasteiger partial charge in [0.25, 0.3) is 0 Å². The van der Waals surface area contributed by atoms with Crippen LogP contribution >= 0.6 is 11.6 Å². The van der Waals surface area contributed by atoms with Gasteiger partial charge in [-0.25, -0.2) is 0 Å². The van der Waals surface area contributed by atoms with Crippen molar-refractivity contribution in [2.24, 2.45) is 0 Å². The highest BCUT2D eigenvalue weighted by atomic mass is 35.5. The van der Waals surface area contributed by atoms with Gasteiger partial charge in [0.2, 0.25) is 0 Å². The molecule has 0 saturated carbocycles. The number of hydrogen-bond donors (Lipinski definition) is 0. The van der Waals surface area contributed by atoms with Gasteiger partial charge >= 0.3 is 0 Å². The Hall–Kier alpha value is -0.0100. The molecule has 0 amide bonds. The van der Waals surface area contributed by atoms with E-state index in [2.05, 4.69) is 6.58 Å². The Labute approximate surface area is 74.4 Å². The number of ether oxygens (including phenoxy) is 1. The van der Waals surface area contributed by atoms with Crippen molar-refractivity contribution < 1.29 is 4.74 Å². The zero-order valence-electron chi connectivity index (χ0n) is 7.02. The molecule has 0 bridgehead atoms. The first-order valence-corrected chi connectivity index (χ1v) is 4.70. The molecule has 0 N–H and O–H groups in total. The maximum Gasteiger partial charge on any atom is 0.0644 e. The lowest BCUT2D eigenvalue weighted by molar-refractivity contribution is 0.157. The molecular formula is C9H17ClO. The molecule has 0 heterocycles. The zero-order chi connectivity index (χ0) is 8.36. The van der Waals surface area contributed by atoms with E-state index in [1.165, 1.54) is 12.8 Å². The van der Waals surface area contributed by atoms with Gasteiger partial charge in [-0.2, -0.15) is 0 Å². The molecule has 66 valence electrons. The van der Waals surface area contributed by atoms with Crippen molar-refractivity contribution in [3.8, 4) is 0 Å². The van der Waals surface area contributed by atoms with E-state index in [0.29, 0.717) is 6.61 Å². The lowest BCUT2D eigenvalue weighted by Crippen LogP contribution is -1.93. The summed E-state index contributed by atoms with van der Waals surface area (Å²) in [5, 5.41) is 0. The van der Waals surface area contributed by atoms with Gasteiger partial charge in [0, 0.05) is 12.5 Å². The molecule has 0 aliphatic heterocycles. The highest BCUT2D eigenvalue weighted by Gasteiger charge is 1.88. The Morgan fingerprint density at radius 3 is 2.55 bits per heavy atom. The van der Waals surface area contributed by atoms with Crippen LogP contribution in [-0.2, 0) is 4.74 Å². The monoisotopic (exact) mass is 176 g/mol. The summed E-state index contributed by atoms with van der Waals surface area (Å²) in [5.74, 6) is 0.785. The van der Waals surface area contributed by atoms with E-state index in [1.807, 2.05) is 0 Å². The van der Waals surface area contributed by atoms with Crippen molar-refractivity contribution in [3.63, 3.8) is 0 Å². The normalized spacial score (nSPS) is 9.91. The Balaban J connectivity index is 2.74. The lowest BCUT2D eigenvalue weighted by Gasteiger charge is -1.99. The number of unbranched alkanes of at least 4 members (excludes halogenated alkanes) is 3. The van der Waals surface area contributed by atoms with Crippen LogP contribution < -0.4 is 0 Å². The van der Waals surface area contributed by atoms with Crippen molar-refractivity contribution in [1.82, 2.24) is 0 Å². The van der Waals surface area contributed by atoms with Crippen LogP contribution in [0.25, 0.3) is 0 Å². The van der Waals surface area contributed by atoms with Crippen LogP contribution in [0.3, 0.4) is 0 Å². The van der Waals surface area contributed by atoms with Gasteiger partial charge < -0.3 is 4.74 Å². The average molecular weight is 177 g/mol. The van der Waals surface area contributed by atoms with Gasteiger partial charge in [0.15, 0.2) is 0 Å². The van der Waals surface area contributed by atoms with E-state index >= 15 is 0 Å².